The molecule has 2 aliphatic rings. The first-order valence-electron chi connectivity index (χ1n) is 13.6. The van der Waals surface area contributed by atoms with Crippen LogP contribution in [0.15, 0.2) is 30.5 Å². The normalized spacial score (nSPS) is 17.6. The molecule has 2 heterocycles. The third-order valence-corrected chi connectivity index (χ3v) is 8.69. The van der Waals surface area contributed by atoms with Crippen molar-refractivity contribution in [1.29, 1.82) is 5.26 Å². The van der Waals surface area contributed by atoms with E-state index in [0.717, 1.165) is 45.3 Å². The van der Waals surface area contributed by atoms with Crippen LogP contribution in [0.25, 0.3) is 10.9 Å². The molecule has 1 N–H and O–H groups in total. The Labute approximate surface area is 248 Å². The number of rotatable bonds is 10. The number of nitriles is 1. The minimum absolute atomic E-state index is 0.0587. The number of fused-ring (bicyclic) bond motifs is 1. The SMILES string of the molecule is COc1cc(Nc2c(C#N)cnc3cc(OCCCCN4CCC5(CC4)CC(F)(F)C5)c(OC)cc23)c(Cl)cc1Cl. The van der Waals surface area contributed by atoms with E-state index in [1.165, 1.54) is 13.3 Å². The summed E-state index contributed by atoms with van der Waals surface area (Å²) >= 11 is 12.6. The number of alkyl halides is 2. The molecule has 0 atom stereocenters. The summed E-state index contributed by atoms with van der Waals surface area (Å²) in [4.78, 5) is 6.84. The Morgan fingerprint density at radius 2 is 1.73 bits per heavy atom. The van der Waals surface area contributed by atoms with Gasteiger partial charge >= 0.3 is 0 Å². The summed E-state index contributed by atoms with van der Waals surface area (Å²) in [5.74, 6) is -0.944. The number of unbranched alkanes of at least 4 members (excludes halogenated alkanes) is 1. The molecule has 1 spiro atoms. The highest BCUT2D eigenvalue weighted by molar-refractivity contribution is 6.37. The van der Waals surface area contributed by atoms with Crippen LogP contribution >= 0.6 is 23.2 Å². The summed E-state index contributed by atoms with van der Waals surface area (Å²) in [5, 5.41) is 14.4. The molecule has 3 aromatic rings. The van der Waals surface area contributed by atoms with Crippen LogP contribution in [0.1, 0.15) is 44.1 Å². The van der Waals surface area contributed by atoms with E-state index in [-0.39, 0.29) is 18.3 Å². The predicted molar refractivity (Wildman–Crippen MR) is 156 cm³/mol. The van der Waals surface area contributed by atoms with E-state index in [9.17, 15) is 14.0 Å². The van der Waals surface area contributed by atoms with Crippen LogP contribution in [-0.4, -0.2) is 56.3 Å². The van der Waals surface area contributed by atoms with Gasteiger partial charge in [0.05, 0.1) is 53.3 Å². The number of ether oxygens (including phenoxy) is 3. The van der Waals surface area contributed by atoms with Gasteiger partial charge in [0.2, 0.25) is 5.92 Å². The topological polar surface area (TPSA) is 79.6 Å². The number of anilines is 2. The monoisotopic (exact) mass is 604 g/mol. The van der Waals surface area contributed by atoms with Crippen LogP contribution in [0.4, 0.5) is 20.2 Å². The van der Waals surface area contributed by atoms with Crippen molar-refractivity contribution in [2.45, 2.75) is 44.4 Å². The second kappa shape index (κ2) is 12.0. The molecule has 0 bridgehead atoms. The van der Waals surface area contributed by atoms with Gasteiger partial charge in [0.1, 0.15) is 11.8 Å². The number of methoxy groups -OCH3 is 2. The number of nitrogens with one attached hydrogen (secondary N) is 1. The van der Waals surface area contributed by atoms with E-state index in [1.807, 2.05) is 0 Å². The van der Waals surface area contributed by atoms with Gasteiger partial charge in [-0.25, -0.2) is 8.78 Å². The van der Waals surface area contributed by atoms with Gasteiger partial charge in [-0.05, 0) is 62.9 Å². The minimum Gasteiger partial charge on any atom is -0.495 e. The lowest BCUT2D eigenvalue weighted by Gasteiger charge is -2.51. The van der Waals surface area contributed by atoms with Crippen LogP contribution in [0, 0.1) is 16.7 Å². The zero-order valence-electron chi connectivity index (χ0n) is 23.0. The lowest BCUT2D eigenvalue weighted by Crippen LogP contribution is -2.52. The molecule has 11 heteroatoms. The van der Waals surface area contributed by atoms with Crippen molar-refractivity contribution in [2.24, 2.45) is 5.41 Å². The highest BCUT2D eigenvalue weighted by Gasteiger charge is 2.56. The zero-order valence-corrected chi connectivity index (χ0v) is 24.5. The van der Waals surface area contributed by atoms with Crippen molar-refractivity contribution in [1.82, 2.24) is 9.88 Å². The van der Waals surface area contributed by atoms with Gasteiger partial charge in [0, 0.05) is 36.6 Å². The Morgan fingerprint density at radius 3 is 2.39 bits per heavy atom. The van der Waals surface area contributed by atoms with Gasteiger partial charge in [0.15, 0.2) is 11.5 Å². The maximum absolute atomic E-state index is 13.4. The van der Waals surface area contributed by atoms with Gasteiger partial charge in [-0.15, -0.1) is 0 Å². The standard InChI is InChI=1S/C30H32Cl2F2N4O3/c1-39-25-14-24(21(31)12-22(25)32)37-28-19(15-35)16-36-23-13-27(26(40-2)11-20(23)28)41-10-4-3-7-38-8-5-29(6-9-38)17-30(33,34)18-29/h11-14,16H,3-10,17-18H2,1-2H3,(H,36,37). The molecule has 1 saturated carbocycles. The van der Waals surface area contributed by atoms with Crippen LogP contribution < -0.4 is 19.5 Å². The Hall–Kier alpha value is -3.06. The average molecular weight is 606 g/mol. The lowest BCUT2D eigenvalue weighted by molar-refractivity contribution is -0.177. The smallest absolute Gasteiger partial charge is 0.249 e. The van der Waals surface area contributed by atoms with Crippen molar-refractivity contribution in [3.05, 3.63) is 46.1 Å². The Bertz CT molecular complexity index is 1460. The number of halogens is 4. The first-order valence-corrected chi connectivity index (χ1v) is 14.4. The molecule has 2 aromatic carbocycles. The second-order valence-corrected chi connectivity index (χ2v) is 11.7. The molecule has 7 nitrogen and oxygen atoms in total. The molecular weight excluding hydrogens is 573 g/mol. The van der Waals surface area contributed by atoms with Crippen LogP contribution in [-0.2, 0) is 0 Å². The molecule has 0 unspecified atom stereocenters. The van der Waals surface area contributed by atoms with Gasteiger partial charge in [0.25, 0.3) is 0 Å². The highest BCUT2D eigenvalue weighted by atomic mass is 35.5. The number of hydrogen-bond donors (Lipinski definition) is 1. The third kappa shape index (κ3) is 6.40. The summed E-state index contributed by atoms with van der Waals surface area (Å²) in [6.45, 7) is 3.19. The van der Waals surface area contributed by atoms with E-state index in [1.54, 1.807) is 31.4 Å². The fourth-order valence-electron chi connectivity index (χ4n) is 5.88. The Kier molecular flexibility index (Phi) is 8.65. The fraction of sp³-hybridized carbons (Fsp3) is 0.467. The summed E-state index contributed by atoms with van der Waals surface area (Å²) < 4.78 is 43.7. The number of benzene rings is 2. The van der Waals surface area contributed by atoms with Crippen molar-refractivity contribution in [3.8, 4) is 23.3 Å². The van der Waals surface area contributed by atoms with E-state index in [0.29, 0.717) is 61.7 Å². The molecule has 41 heavy (non-hydrogen) atoms. The summed E-state index contributed by atoms with van der Waals surface area (Å²) in [7, 11) is 3.07. The molecule has 0 amide bonds. The number of likely N-dealkylation sites (tertiary alicyclic amines) is 1. The summed E-state index contributed by atoms with van der Waals surface area (Å²) in [5.41, 5.74) is 1.85. The second-order valence-electron chi connectivity index (χ2n) is 10.9. The van der Waals surface area contributed by atoms with Crippen molar-refractivity contribution in [2.75, 3.05) is 45.8 Å². The van der Waals surface area contributed by atoms with Crippen LogP contribution in [0.2, 0.25) is 10.0 Å². The first kappa shape index (κ1) is 29.4. The van der Waals surface area contributed by atoms with E-state index >= 15 is 0 Å². The molecular formula is C30H32Cl2F2N4O3. The van der Waals surface area contributed by atoms with E-state index < -0.39 is 5.92 Å². The molecule has 218 valence electrons. The minimum atomic E-state index is -2.45. The quantitative estimate of drug-likeness (QED) is 0.236. The van der Waals surface area contributed by atoms with E-state index in [4.69, 9.17) is 37.4 Å². The number of piperidine rings is 1. The Morgan fingerprint density at radius 1 is 1.00 bits per heavy atom. The van der Waals surface area contributed by atoms with Gasteiger partial charge < -0.3 is 24.4 Å². The first-order chi connectivity index (χ1) is 19.7. The van der Waals surface area contributed by atoms with Crippen LogP contribution in [0.5, 0.6) is 17.2 Å². The number of nitrogens with zero attached hydrogens (tertiary/aromatic N) is 3. The maximum atomic E-state index is 13.4. The largest absolute Gasteiger partial charge is 0.495 e. The molecule has 0 radical (unpaired) electrons. The number of pyridine rings is 1. The van der Waals surface area contributed by atoms with Gasteiger partial charge in [-0.3, -0.25) is 4.98 Å². The fourth-order valence-corrected chi connectivity index (χ4v) is 6.38. The predicted octanol–water partition coefficient (Wildman–Crippen LogP) is 7.84. The third-order valence-electron chi connectivity index (χ3n) is 8.09. The summed E-state index contributed by atoms with van der Waals surface area (Å²) in [6.07, 6.45) is 5.13. The van der Waals surface area contributed by atoms with Gasteiger partial charge in [-0.2, -0.15) is 5.26 Å². The van der Waals surface area contributed by atoms with E-state index in [2.05, 4.69) is 21.3 Å². The molecule has 5 rings (SSSR count). The zero-order chi connectivity index (χ0) is 29.2. The van der Waals surface area contributed by atoms with Crippen molar-refractivity contribution < 1.29 is 23.0 Å². The molecule has 2 fully saturated rings. The maximum Gasteiger partial charge on any atom is 0.249 e. The molecule has 1 aliphatic heterocycles. The number of hydrogen-bond acceptors (Lipinski definition) is 7. The van der Waals surface area contributed by atoms with Crippen LogP contribution in [0.3, 0.4) is 0 Å². The molecule has 1 aliphatic carbocycles. The lowest BCUT2D eigenvalue weighted by atomic mass is 9.61. The number of aromatic nitrogens is 1. The average Bonchev–Trinajstić information content (AvgIpc) is 2.93. The van der Waals surface area contributed by atoms with Gasteiger partial charge in [-0.1, -0.05) is 23.2 Å². The molecule has 1 saturated heterocycles. The molecule has 1 aromatic heterocycles. The summed E-state index contributed by atoms with van der Waals surface area (Å²) in [6, 6.07) is 9.00. The Balaban J connectivity index is 1.23. The van der Waals surface area contributed by atoms with Crippen molar-refractivity contribution >= 4 is 45.5 Å². The van der Waals surface area contributed by atoms with Crippen molar-refractivity contribution in [3.63, 3.8) is 0 Å². The highest BCUT2D eigenvalue weighted by Crippen LogP contribution is 2.57.